The van der Waals surface area contributed by atoms with Crippen LogP contribution in [0.1, 0.15) is 5.76 Å². The molecule has 0 spiro atoms. The Bertz CT molecular complexity index is 733. The van der Waals surface area contributed by atoms with Crippen LogP contribution in [0.3, 0.4) is 0 Å². The van der Waals surface area contributed by atoms with Gasteiger partial charge in [-0.25, -0.2) is 13.1 Å². The maximum Gasteiger partial charge on any atom is 0.244 e. The van der Waals surface area contributed by atoms with Gasteiger partial charge in [-0.3, -0.25) is 0 Å². The van der Waals surface area contributed by atoms with E-state index in [2.05, 4.69) is 4.72 Å². The van der Waals surface area contributed by atoms with Gasteiger partial charge in [0, 0.05) is 17.3 Å². The lowest BCUT2D eigenvalue weighted by Crippen LogP contribution is -2.26. The summed E-state index contributed by atoms with van der Waals surface area (Å²) in [6.07, 6.45) is 1.59. The van der Waals surface area contributed by atoms with Gasteiger partial charge in [-0.05, 0) is 24.3 Å². The number of halogens is 2. The van der Waals surface area contributed by atoms with Crippen LogP contribution in [-0.4, -0.2) is 25.8 Å². The van der Waals surface area contributed by atoms with E-state index in [-0.39, 0.29) is 21.5 Å². The normalized spacial score (nSPS) is 11.7. The van der Waals surface area contributed by atoms with Gasteiger partial charge in [0.1, 0.15) is 10.7 Å². The Morgan fingerprint density at radius 2 is 2.09 bits per heavy atom. The van der Waals surface area contributed by atoms with E-state index in [1.54, 1.807) is 12.3 Å². The zero-order valence-electron chi connectivity index (χ0n) is 11.3. The van der Waals surface area contributed by atoms with Crippen molar-refractivity contribution in [3.05, 3.63) is 46.3 Å². The SMILES string of the molecule is O=S(=O)(NCCSCc1ccco1)c1cc(Cl)cc(Cl)c1O. The van der Waals surface area contributed by atoms with Gasteiger partial charge in [-0.2, -0.15) is 11.8 Å². The highest BCUT2D eigenvalue weighted by atomic mass is 35.5. The second kappa shape index (κ2) is 7.61. The van der Waals surface area contributed by atoms with E-state index in [1.807, 2.05) is 6.07 Å². The minimum atomic E-state index is -3.88. The van der Waals surface area contributed by atoms with Gasteiger partial charge in [0.15, 0.2) is 5.75 Å². The molecule has 0 bridgehead atoms. The van der Waals surface area contributed by atoms with Gasteiger partial charge in [0.2, 0.25) is 10.0 Å². The molecular formula is C13H13Cl2NO4S2. The summed E-state index contributed by atoms with van der Waals surface area (Å²) < 4.78 is 31.8. The first-order valence-electron chi connectivity index (χ1n) is 6.18. The fraction of sp³-hybridized carbons (Fsp3) is 0.231. The third-order valence-electron chi connectivity index (χ3n) is 2.65. The van der Waals surface area contributed by atoms with Gasteiger partial charge >= 0.3 is 0 Å². The van der Waals surface area contributed by atoms with Crippen LogP contribution < -0.4 is 4.72 Å². The molecule has 0 fully saturated rings. The maximum absolute atomic E-state index is 12.1. The van der Waals surface area contributed by atoms with E-state index in [1.165, 1.54) is 17.8 Å². The Balaban J connectivity index is 1.91. The molecule has 1 aromatic carbocycles. The molecule has 0 atom stereocenters. The lowest BCUT2D eigenvalue weighted by molar-refractivity contribution is 0.458. The summed E-state index contributed by atoms with van der Waals surface area (Å²) in [6.45, 7) is 0.206. The number of rotatable bonds is 7. The Morgan fingerprint density at radius 1 is 1.32 bits per heavy atom. The number of hydrogen-bond donors (Lipinski definition) is 2. The molecule has 0 aliphatic heterocycles. The maximum atomic E-state index is 12.1. The van der Waals surface area contributed by atoms with Crippen LogP contribution in [0, 0.1) is 0 Å². The summed E-state index contributed by atoms with van der Waals surface area (Å²) in [4.78, 5) is -0.332. The molecule has 0 amide bonds. The quantitative estimate of drug-likeness (QED) is 0.717. The first-order chi connectivity index (χ1) is 10.4. The van der Waals surface area contributed by atoms with Crippen molar-refractivity contribution in [2.75, 3.05) is 12.3 Å². The van der Waals surface area contributed by atoms with Gasteiger partial charge in [0.25, 0.3) is 0 Å². The average Bonchev–Trinajstić information content (AvgIpc) is 2.95. The van der Waals surface area contributed by atoms with Crippen molar-refractivity contribution in [2.24, 2.45) is 0 Å². The number of sulfonamides is 1. The Kier molecular flexibility index (Phi) is 6.05. The lowest BCUT2D eigenvalue weighted by Gasteiger charge is -2.09. The molecule has 2 rings (SSSR count). The lowest BCUT2D eigenvalue weighted by atomic mass is 10.3. The molecule has 5 nitrogen and oxygen atoms in total. The summed E-state index contributed by atoms with van der Waals surface area (Å²) in [5, 5.41) is 9.78. The molecule has 22 heavy (non-hydrogen) atoms. The first kappa shape index (κ1) is 17.5. The molecule has 1 heterocycles. The van der Waals surface area contributed by atoms with Crippen molar-refractivity contribution in [1.82, 2.24) is 4.72 Å². The average molecular weight is 382 g/mol. The third-order valence-corrected chi connectivity index (χ3v) is 5.61. The van der Waals surface area contributed by atoms with Gasteiger partial charge < -0.3 is 9.52 Å². The molecule has 120 valence electrons. The molecule has 1 aromatic heterocycles. The Morgan fingerprint density at radius 3 is 2.77 bits per heavy atom. The largest absolute Gasteiger partial charge is 0.505 e. The highest BCUT2D eigenvalue weighted by Crippen LogP contribution is 2.33. The summed E-state index contributed by atoms with van der Waals surface area (Å²) in [7, 11) is -3.88. The number of benzene rings is 1. The summed E-state index contributed by atoms with van der Waals surface area (Å²) >= 11 is 13.0. The molecule has 0 unspecified atom stereocenters. The van der Waals surface area contributed by atoms with E-state index in [0.29, 0.717) is 11.5 Å². The summed E-state index contributed by atoms with van der Waals surface area (Å²) in [6, 6.07) is 6.07. The van der Waals surface area contributed by atoms with Crippen LogP contribution in [0.15, 0.2) is 39.8 Å². The van der Waals surface area contributed by atoms with Gasteiger partial charge in [-0.15, -0.1) is 0 Å². The van der Waals surface area contributed by atoms with Crippen molar-refractivity contribution in [2.45, 2.75) is 10.6 Å². The first-order valence-corrected chi connectivity index (χ1v) is 9.57. The number of furan rings is 1. The predicted molar refractivity (Wildman–Crippen MR) is 88.2 cm³/mol. The molecule has 0 saturated carbocycles. The third kappa shape index (κ3) is 4.57. The monoisotopic (exact) mass is 381 g/mol. The molecule has 9 heteroatoms. The molecule has 2 aromatic rings. The van der Waals surface area contributed by atoms with Crippen LogP contribution in [0.25, 0.3) is 0 Å². The summed E-state index contributed by atoms with van der Waals surface area (Å²) in [5.74, 6) is 1.52. The smallest absolute Gasteiger partial charge is 0.244 e. The van der Waals surface area contributed by atoms with Crippen molar-refractivity contribution >= 4 is 45.0 Å². The minimum Gasteiger partial charge on any atom is -0.505 e. The van der Waals surface area contributed by atoms with Gasteiger partial charge in [-0.1, -0.05) is 23.2 Å². The minimum absolute atomic E-state index is 0.111. The molecule has 2 N–H and O–H groups in total. The topological polar surface area (TPSA) is 79.5 Å². The fourth-order valence-electron chi connectivity index (χ4n) is 1.64. The zero-order chi connectivity index (χ0) is 16.2. The van der Waals surface area contributed by atoms with Crippen LogP contribution >= 0.6 is 35.0 Å². The zero-order valence-corrected chi connectivity index (χ0v) is 14.4. The van der Waals surface area contributed by atoms with E-state index >= 15 is 0 Å². The molecule has 0 aliphatic carbocycles. The van der Waals surface area contributed by atoms with Crippen molar-refractivity contribution < 1.29 is 17.9 Å². The standard InChI is InChI=1S/C13H13Cl2NO4S2/c14-9-6-11(15)13(17)12(7-9)22(18,19)16-3-5-21-8-10-2-1-4-20-10/h1-2,4,6-7,16-17H,3,5,8H2. The van der Waals surface area contributed by atoms with E-state index in [4.69, 9.17) is 27.6 Å². The Labute approximate surface area is 142 Å². The highest BCUT2D eigenvalue weighted by Gasteiger charge is 2.21. The number of phenols is 1. The van der Waals surface area contributed by atoms with Crippen LogP contribution in [-0.2, 0) is 15.8 Å². The van der Waals surface area contributed by atoms with Crippen LogP contribution in [0.5, 0.6) is 5.75 Å². The number of thioether (sulfide) groups is 1. The highest BCUT2D eigenvalue weighted by molar-refractivity contribution is 7.98. The number of phenolic OH excluding ortho intramolecular Hbond substituents is 1. The predicted octanol–water partition coefficient (Wildman–Crippen LogP) is 3.50. The second-order valence-corrected chi connectivity index (χ2v) is 7.95. The molecular weight excluding hydrogens is 369 g/mol. The van der Waals surface area contributed by atoms with Crippen LogP contribution in [0.2, 0.25) is 10.0 Å². The molecule has 0 saturated heterocycles. The van der Waals surface area contributed by atoms with Crippen LogP contribution in [0.4, 0.5) is 0 Å². The van der Waals surface area contributed by atoms with Crippen molar-refractivity contribution in [3.8, 4) is 5.75 Å². The number of hydrogen-bond acceptors (Lipinski definition) is 5. The summed E-state index contributed by atoms with van der Waals surface area (Å²) in [5.41, 5.74) is 0. The fourth-order valence-corrected chi connectivity index (χ4v) is 4.31. The van der Waals surface area contributed by atoms with E-state index < -0.39 is 15.8 Å². The Hall–Kier alpha value is -0.860. The second-order valence-electron chi connectivity index (χ2n) is 4.26. The van der Waals surface area contributed by atoms with Crippen molar-refractivity contribution in [3.63, 3.8) is 0 Å². The molecule has 0 aliphatic rings. The van der Waals surface area contributed by atoms with E-state index in [9.17, 15) is 13.5 Å². The number of nitrogens with one attached hydrogen (secondary N) is 1. The molecule has 0 radical (unpaired) electrons. The number of aromatic hydroxyl groups is 1. The van der Waals surface area contributed by atoms with Crippen molar-refractivity contribution in [1.29, 1.82) is 0 Å². The van der Waals surface area contributed by atoms with Gasteiger partial charge in [0.05, 0.1) is 17.0 Å². The van der Waals surface area contributed by atoms with E-state index in [0.717, 1.165) is 11.8 Å².